The fourth-order valence-corrected chi connectivity index (χ4v) is 1.94. The minimum atomic E-state index is -0.910. The summed E-state index contributed by atoms with van der Waals surface area (Å²) in [6.45, 7) is 1.52. The molecule has 21 heavy (non-hydrogen) atoms. The molecule has 1 amide bonds. The van der Waals surface area contributed by atoms with Crippen molar-refractivity contribution in [1.82, 2.24) is 19.5 Å². The van der Waals surface area contributed by atoms with Gasteiger partial charge in [-0.05, 0) is 25.5 Å². The van der Waals surface area contributed by atoms with Crippen molar-refractivity contribution in [2.45, 2.75) is 32.4 Å². The number of hydrogen-bond donors (Lipinski definition) is 2. The van der Waals surface area contributed by atoms with E-state index in [1.54, 1.807) is 31.3 Å². The van der Waals surface area contributed by atoms with Crippen LogP contribution in [0.1, 0.15) is 19.8 Å². The number of carboxylic acids is 1. The van der Waals surface area contributed by atoms with Gasteiger partial charge in [0, 0.05) is 18.7 Å². The van der Waals surface area contributed by atoms with E-state index in [9.17, 15) is 14.4 Å². The minimum absolute atomic E-state index is 0.0181. The Bertz CT molecular complexity index is 718. The fraction of sp³-hybridized carbons (Fsp3) is 0.385. The summed E-state index contributed by atoms with van der Waals surface area (Å²) in [5, 5.41) is 15.3. The molecule has 2 heterocycles. The Hall–Kier alpha value is -2.64. The zero-order valence-corrected chi connectivity index (χ0v) is 11.5. The first-order valence-electron chi connectivity index (χ1n) is 6.52. The van der Waals surface area contributed by atoms with Crippen LogP contribution in [0.3, 0.4) is 0 Å². The lowest BCUT2D eigenvalue weighted by Gasteiger charge is -2.12. The van der Waals surface area contributed by atoms with Crippen LogP contribution in [0.4, 0.5) is 0 Å². The number of aliphatic carboxylic acids is 1. The van der Waals surface area contributed by atoms with Crippen LogP contribution in [0, 0.1) is 0 Å². The number of carboxylic acid groups (broad SMARTS) is 1. The Morgan fingerprint density at radius 3 is 2.86 bits per heavy atom. The van der Waals surface area contributed by atoms with Gasteiger partial charge in [-0.2, -0.15) is 0 Å². The highest BCUT2D eigenvalue weighted by atomic mass is 16.4. The molecule has 0 aromatic carbocycles. The molecule has 2 rings (SSSR count). The number of carbonyl (C=O) groups is 2. The Balaban J connectivity index is 2.00. The molecule has 0 bridgehead atoms. The molecule has 0 aliphatic rings. The van der Waals surface area contributed by atoms with Crippen molar-refractivity contribution in [2.75, 3.05) is 0 Å². The summed E-state index contributed by atoms with van der Waals surface area (Å²) >= 11 is 0. The van der Waals surface area contributed by atoms with Crippen LogP contribution in [-0.4, -0.2) is 37.2 Å². The summed E-state index contributed by atoms with van der Waals surface area (Å²) in [5.74, 6) is -1.29. The number of fused-ring (bicyclic) bond motifs is 1. The number of nitrogens with zero attached hydrogens (tertiary/aromatic N) is 3. The van der Waals surface area contributed by atoms with E-state index in [0.29, 0.717) is 12.1 Å². The van der Waals surface area contributed by atoms with E-state index in [-0.39, 0.29) is 30.6 Å². The number of aromatic nitrogens is 3. The summed E-state index contributed by atoms with van der Waals surface area (Å²) in [4.78, 5) is 34.3. The third-order valence-corrected chi connectivity index (χ3v) is 2.98. The van der Waals surface area contributed by atoms with E-state index in [1.807, 2.05) is 0 Å². The summed E-state index contributed by atoms with van der Waals surface area (Å²) in [6, 6.07) is 4.85. The smallest absolute Gasteiger partial charge is 0.350 e. The maximum absolute atomic E-state index is 12.0. The first-order chi connectivity index (χ1) is 9.97. The van der Waals surface area contributed by atoms with E-state index in [0.717, 1.165) is 4.68 Å². The van der Waals surface area contributed by atoms with Crippen molar-refractivity contribution in [3.63, 3.8) is 0 Å². The zero-order valence-electron chi connectivity index (χ0n) is 11.5. The van der Waals surface area contributed by atoms with Crippen LogP contribution in [0.15, 0.2) is 29.2 Å². The van der Waals surface area contributed by atoms with Crippen LogP contribution < -0.4 is 11.0 Å². The number of pyridine rings is 1. The summed E-state index contributed by atoms with van der Waals surface area (Å²) in [7, 11) is 0. The van der Waals surface area contributed by atoms with Gasteiger partial charge in [-0.1, -0.05) is 6.07 Å². The van der Waals surface area contributed by atoms with Gasteiger partial charge < -0.3 is 10.4 Å². The monoisotopic (exact) mass is 292 g/mol. The van der Waals surface area contributed by atoms with Gasteiger partial charge in [0.2, 0.25) is 5.91 Å². The molecule has 112 valence electrons. The minimum Gasteiger partial charge on any atom is -0.481 e. The fourth-order valence-electron chi connectivity index (χ4n) is 1.94. The SMILES string of the molecule is CC(CCC(=O)O)NC(=O)Cn1nc2ccccn2c1=O. The Morgan fingerprint density at radius 2 is 2.19 bits per heavy atom. The van der Waals surface area contributed by atoms with Crippen LogP contribution in [-0.2, 0) is 16.1 Å². The molecule has 0 aliphatic carbocycles. The van der Waals surface area contributed by atoms with Crippen LogP contribution in [0.2, 0.25) is 0 Å². The molecule has 1 atom stereocenters. The Kier molecular flexibility index (Phi) is 4.36. The van der Waals surface area contributed by atoms with E-state index >= 15 is 0 Å². The summed E-state index contributed by atoms with van der Waals surface area (Å²) < 4.78 is 2.43. The van der Waals surface area contributed by atoms with Crippen molar-refractivity contribution < 1.29 is 14.7 Å². The van der Waals surface area contributed by atoms with Gasteiger partial charge in [0.1, 0.15) is 6.54 Å². The molecule has 2 aromatic rings. The average molecular weight is 292 g/mol. The molecule has 0 radical (unpaired) electrons. The van der Waals surface area contributed by atoms with E-state index < -0.39 is 5.97 Å². The van der Waals surface area contributed by atoms with Gasteiger partial charge in [-0.3, -0.25) is 14.0 Å². The molecule has 0 spiro atoms. The Morgan fingerprint density at radius 1 is 1.43 bits per heavy atom. The lowest BCUT2D eigenvalue weighted by molar-refractivity contribution is -0.137. The third-order valence-electron chi connectivity index (χ3n) is 2.98. The van der Waals surface area contributed by atoms with E-state index in [2.05, 4.69) is 10.4 Å². The highest BCUT2D eigenvalue weighted by Gasteiger charge is 2.13. The normalized spacial score (nSPS) is 12.2. The number of carbonyl (C=O) groups excluding carboxylic acids is 1. The summed E-state index contributed by atoms with van der Waals surface area (Å²) in [5.41, 5.74) is 0.0770. The highest BCUT2D eigenvalue weighted by Crippen LogP contribution is 1.97. The van der Waals surface area contributed by atoms with E-state index in [1.165, 1.54) is 4.40 Å². The van der Waals surface area contributed by atoms with Gasteiger partial charge in [0.05, 0.1) is 0 Å². The van der Waals surface area contributed by atoms with Crippen molar-refractivity contribution in [1.29, 1.82) is 0 Å². The van der Waals surface area contributed by atoms with Gasteiger partial charge in [-0.15, -0.1) is 5.10 Å². The molecule has 2 aromatic heterocycles. The van der Waals surface area contributed by atoms with Crippen LogP contribution >= 0.6 is 0 Å². The molecule has 0 aliphatic heterocycles. The van der Waals surface area contributed by atoms with Crippen molar-refractivity contribution in [3.05, 3.63) is 34.9 Å². The molecule has 0 saturated heterocycles. The van der Waals surface area contributed by atoms with Gasteiger partial charge in [-0.25, -0.2) is 9.48 Å². The molecule has 8 heteroatoms. The van der Waals surface area contributed by atoms with Crippen molar-refractivity contribution in [3.8, 4) is 0 Å². The van der Waals surface area contributed by atoms with Gasteiger partial charge >= 0.3 is 11.7 Å². The molecule has 1 unspecified atom stereocenters. The molecule has 0 saturated carbocycles. The molecule has 2 N–H and O–H groups in total. The van der Waals surface area contributed by atoms with Gasteiger partial charge in [0.25, 0.3) is 0 Å². The molecule has 8 nitrogen and oxygen atoms in total. The summed E-state index contributed by atoms with van der Waals surface area (Å²) in [6.07, 6.45) is 1.89. The predicted molar refractivity (Wildman–Crippen MR) is 73.9 cm³/mol. The molecular weight excluding hydrogens is 276 g/mol. The van der Waals surface area contributed by atoms with Crippen LogP contribution in [0.5, 0.6) is 0 Å². The maximum Gasteiger partial charge on any atom is 0.350 e. The molecule has 0 fully saturated rings. The average Bonchev–Trinajstić information content (AvgIpc) is 2.73. The van der Waals surface area contributed by atoms with Crippen molar-refractivity contribution >= 4 is 17.5 Å². The van der Waals surface area contributed by atoms with Crippen LogP contribution in [0.25, 0.3) is 5.65 Å². The number of hydrogen-bond acceptors (Lipinski definition) is 4. The first-order valence-corrected chi connectivity index (χ1v) is 6.52. The van der Waals surface area contributed by atoms with Crippen molar-refractivity contribution in [2.24, 2.45) is 0 Å². The highest BCUT2D eigenvalue weighted by molar-refractivity contribution is 5.76. The Labute approximate surface area is 120 Å². The second kappa shape index (κ2) is 6.21. The number of nitrogens with one attached hydrogen (secondary N) is 1. The number of amides is 1. The first kappa shape index (κ1) is 14.8. The van der Waals surface area contributed by atoms with Gasteiger partial charge in [0.15, 0.2) is 5.65 Å². The standard InChI is InChI=1S/C13H16N4O4/c1-9(5-6-12(19)20)14-11(18)8-17-13(21)16-7-3-2-4-10(16)15-17/h2-4,7,9H,5-6,8H2,1H3,(H,14,18)(H,19,20). The third kappa shape index (κ3) is 3.68. The maximum atomic E-state index is 12.0. The number of rotatable bonds is 6. The lowest BCUT2D eigenvalue weighted by Crippen LogP contribution is -2.37. The second-order valence-corrected chi connectivity index (χ2v) is 4.77. The predicted octanol–water partition coefficient (Wildman–Crippen LogP) is -0.135. The second-order valence-electron chi connectivity index (χ2n) is 4.77. The largest absolute Gasteiger partial charge is 0.481 e. The quantitative estimate of drug-likeness (QED) is 0.771. The topological polar surface area (TPSA) is 106 Å². The molecular formula is C13H16N4O4. The van der Waals surface area contributed by atoms with E-state index in [4.69, 9.17) is 5.11 Å². The zero-order chi connectivity index (χ0) is 15.4. The lowest BCUT2D eigenvalue weighted by atomic mass is 10.2.